The van der Waals surface area contributed by atoms with Gasteiger partial charge < -0.3 is 9.47 Å². The lowest BCUT2D eigenvalue weighted by Crippen LogP contribution is -2.35. The van der Waals surface area contributed by atoms with Gasteiger partial charge in [-0.05, 0) is 48.6 Å². The van der Waals surface area contributed by atoms with E-state index in [0.717, 1.165) is 30.8 Å². The van der Waals surface area contributed by atoms with Crippen LogP contribution in [0.25, 0.3) is 32.6 Å². The molecule has 3 aromatic carbocycles. The molecule has 0 saturated heterocycles. The van der Waals surface area contributed by atoms with Crippen molar-refractivity contribution in [2.75, 3.05) is 27.2 Å². The van der Waals surface area contributed by atoms with Gasteiger partial charge in [0.05, 0.1) is 17.7 Å². The molecule has 0 radical (unpaired) electrons. The van der Waals surface area contributed by atoms with E-state index in [9.17, 15) is 0 Å². The van der Waals surface area contributed by atoms with Crippen molar-refractivity contribution in [1.29, 1.82) is 0 Å². The van der Waals surface area contributed by atoms with Crippen LogP contribution < -0.4 is 0 Å². The molecule has 0 N–H and O–H groups in total. The van der Waals surface area contributed by atoms with E-state index in [2.05, 4.69) is 92.9 Å². The molecule has 0 saturated carbocycles. The van der Waals surface area contributed by atoms with Crippen LogP contribution in [0.5, 0.6) is 0 Å². The predicted molar refractivity (Wildman–Crippen MR) is 114 cm³/mol. The number of nitrogens with zero attached hydrogens (tertiary/aromatic N) is 3. The van der Waals surface area contributed by atoms with E-state index in [0.29, 0.717) is 0 Å². The van der Waals surface area contributed by atoms with E-state index >= 15 is 0 Å². The lowest BCUT2D eigenvalue weighted by molar-refractivity contribution is 0.186. The maximum atomic E-state index is 3.61. The van der Waals surface area contributed by atoms with E-state index in [1.165, 1.54) is 38.1 Å². The third kappa shape index (κ3) is 2.48. The van der Waals surface area contributed by atoms with Gasteiger partial charge >= 0.3 is 0 Å². The highest BCUT2D eigenvalue weighted by Crippen LogP contribution is 2.39. The van der Waals surface area contributed by atoms with Gasteiger partial charge in [0.2, 0.25) is 0 Å². The van der Waals surface area contributed by atoms with E-state index in [1.54, 1.807) is 0 Å². The fourth-order valence-corrected chi connectivity index (χ4v) is 4.66. The summed E-state index contributed by atoms with van der Waals surface area (Å²) < 4.78 is 3.65. The van der Waals surface area contributed by atoms with Gasteiger partial charge in [-0.15, -0.1) is 0 Å². The van der Waals surface area contributed by atoms with Crippen molar-refractivity contribution in [2.45, 2.75) is 13.2 Å². The van der Waals surface area contributed by atoms with E-state index in [-0.39, 0.29) is 0 Å². The predicted octanol–water partition coefficient (Wildman–Crippen LogP) is 5.04. The van der Waals surface area contributed by atoms with E-state index in [1.807, 2.05) is 0 Å². The number of benzene rings is 3. The highest BCUT2D eigenvalue weighted by atomic mass is 79.9. The summed E-state index contributed by atoms with van der Waals surface area (Å²) in [5.41, 5.74) is 4.20. The van der Waals surface area contributed by atoms with Gasteiger partial charge in [0.25, 0.3) is 0 Å². The number of hydrogen-bond donors (Lipinski definition) is 0. The first kappa shape index (κ1) is 16.3. The van der Waals surface area contributed by atoms with Crippen molar-refractivity contribution >= 4 is 48.5 Å². The first-order chi connectivity index (χ1) is 12.6. The van der Waals surface area contributed by atoms with Gasteiger partial charge in [-0.2, -0.15) is 0 Å². The van der Waals surface area contributed by atoms with Crippen LogP contribution in [0.1, 0.15) is 5.56 Å². The van der Waals surface area contributed by atoms with Crippen LogP contribution in [-0.2, 0) is 13.2 Å². The second-order valence-electron chi connectivity index (χ2n) is 7.56. The molecule has 4 heteroatoms. The van der Waals surface area contributed by atoms with Crippen molar-refractivity contribution < 1.29 is 0 Å². The lowest BCUT2D eigenvalue weighted by Gasteiger charge is -2.30. The van der Waals surface area contributed by atoms with Crippen molar-refractivity contribution in [2.24, 2.45) is 0 Å². The van der Waals surface area contributed by atoms with Gasteiger partial charge in [0, 0.05) is 34.9 Å². The standard InChI is InChI=1S/C22H22BrN3/c1-24(2)10-11-25-13-16-4-3-5-19-21-18-8-7-17(23)12-15(18)6-9-20(21)26(14-25)22(16)19/h3-9,12H,10-11,13-14H2,1-2H3. The summed E-state index contributed by atoms with van der Waals surface area (Å²) in [6.45, 7) is 4.17. The molecule has 0 aliphatic carbocycles. The second-order valence-corrected chi connectivity index (χ2v) is 8.48. The number of halogens is 1. The Morgan fingerprint density at radius 3 is 2.77 bits per heavy atom. The van der Waals surface area contributed by atoms with Gasteiger partial charge in [0.1, 0.15) is 0 Å². The summed E-state index contributed by atoms with van der Waals surface area (Å²) in [6, 6.07) is 18.0. The first-order valence-corrected chi connectivity index (χ1v) is 9.90. The molecule has 1 aromatic heterocycles. The van der Waals surface area contributed by atoms with Crippen molar-refractivity contribution in [3.63, 3.8) is 0 Å². The molecule has 1 aliphatic heterocycles. The van der Waals surface area contributed by atoms with Crippen LogP contribution >= 0.6 is 15.9 Å². The van der Waals surface area contributed by atoms with Crippen LogP contribution in [0.3, 0.4) is 0 Å². The SMILES string of the molecule is CN(C)CCN1Cc2cccc3c4c5ccc(Br)cc5ccc4n(c23)C1. The summed E-state index contributed by atoms with van der Waals surface area (Å²) in [5.74, 6) is 0. The molecule has 5 rings (SSSR count). The van der Waals surface area contributed by atoms with Crippen LogP contribution in [0.15, 0.2) is 53.0 Å². The van der Waals surface area contributed by atoms with Gasteiger partial charge in [0.15, 0.2) is 0 Å². The molecular formula is C22H22BrN3. The average molecular weight is 408 g/mol. The van der Waals surface area contributed by atoms with Gasteiger partial charge in [-0.25, -0.2) is 0 Å². The zero-order valence-electron chi connectivity index (χ0n) is 15.2. The van der Waals surface area contributed by atoms with Crippen LogP contribution in [0.2, 0.25) is 0 Å². The number of rotatable bonds is 3. The molecule has 0 spiro atoms. The van der Waals surface area contributed by atoms with Crippen molar-refractivity contribution in [3.8, 4) is 0 Å². The molecular weight excluding hydrogens is 386 g/mol. The summed E-state index contributed by atoms with van der Waals surface area (Å²) in [6.07, 6.45) is 0. The Morgan fingerprint density at radius 1 is 1.04 bits per heavy atom. The number of likely N-dealkylation sites (N-methyl/N-ethyl adjacent to an activating group) is 1. The van der Waals surface area contributed by atoms with E-state index < -0.39 is 0 Å². The summed E-state index contributed by atoms with van der Waals surface area (Å²) in [5, 5.41) is 5.41. The summed E-state index contributed by atoms with van der Waals surface area (Å²) in [4.78, 5) is 4.81. The maximum Gasteiger partial charge on any atom is 0.0760 e. The lowest BCUT2D eigenvalue weighted by atomic mass is 10.0. The average Bonchev–Trinajstić information content (AvgIpc) is 2.95. The van der Waals surface area contributed by atoms with Crippen LogP contribution in [0.4, 0.5) is 0 Å². The molecule has 2 heterocycles. The number of hydrogen-bond acceptors (Lipinski definition) is 2. The normalized spacial score (nSPS) is 14.9. The molecule has 26 heavy (non-hydrogen) atoms. The Bertz CT molecular complexity index is 1140. The van der Waals surface area contributed by atoms with Crippen molar-refractivity contribution in [1.82, 2.24) is 14.4 Å². The molecule has 0 amide bonds. The minimum Gasteiger partial charge on any atom is -0.326 e. The highest BCUT2D eigenvalue weighted by molar-refractivity contribution is 9.10. The molecule has 0 unspecified atom stereocenters. The number of aromatic nitrogens is 1. The molecule has 0 atom stereocenters. The summed E-state index contributed by atoms with van der Waals surface area (Å²) in [7, 11) is 4.29. The Labute approximate surface area is 161 Å². The maximum absolute atomic E-state index is 3.61. The third-order valence-electron chi connectivity index (χ3n) is 5.51. The fourth-order valence-electron chi connectivity index (χ4n) is 4.29. The molecule has 3 nitrogen and oxygen atoms in total. The molecule has 0 bridgehead atoms. The van der Waals surface area contributed by atoms with E-state index in [4.69, 9.17) is 0 Å². The zero-order chi connectivity index (χ0) is 17.8. The Morgan fingerprint density at radius 2 is 1.92 bits per heavy atom. The smallest absolute Gasteiger partial charge is 0.0760 e. The minimum absolute atomic E-state index is 0.965. The monoisotopic (exact) mass is 407 g/mol. The van der Waals surface area contributed by atoms with Crippen molar-refractivity contribution in [3.05, 3.63) is 58.6 Å². The quantitative estimate of drug-likeness (QED) is 0.470. The second kappa shape index (κ2) is 6.08. The van der Waals surface area contributed by atoms with Crippen LogP contribution in [-0.4, -0.2) is 41.6 Å². The minimum atomic E-state index is 0.965. The third-order valence-corrected chi connectivity index (χ3v) is 6.00. The molecule has 1 aliphatic rings. The number of fused-ring (bicyclic) bond motifs is 5. The van der Waals surface area contributed by atoms with Crippen LogP contribution in [0, 0.1) is 0 Å². The number of para-hydroxylation sites is 1. The first-order valence-electron chi connectivity index (χ1n) is 9.11. The molecule has 4 aromatic rings. The topological polar surface area (TPSA) is 11.4 Å². The van der Waals surface area contributed by atoms with Gasteiger partial charge in [-0.3, -0.25) is 4.90 Å². The Kier molecular flexibility index (Phi) is 3.82. The Balaban J connectivity index is 1.76. The summed E-state index contributed by atoms with van der Waals surface area (Å²) >= 11 is 3.61. The zero-order valence-corrected chi connectivity index (χ0v) is 16.8. The largest absolute Gasteiger partial charge is 0.326 e. The molecule has 132 valence electrons. The molecule has 0 fully saturated rings. The van der Waals surface area contributed by atoms with Gasteiger partial charge in [-0.1, -0.05) is 46.3 Å². The highest BCUT2D eigenvalue weighted by Gasteiger charge is 2.22. The Hall–Kier alpha value is -1.88. The fraction of sp³-hybridized carbons (Fsp3) is 0.273.